The molecule has 112 valence electrons. The molecule has 0 aliphatic carbocycles. The van der Waals surface area contributed by atoms with Crippen molar-refractivity contribution in [2.75, 3.05) is 13.6 Å². The summed E-state index contributed by atoms with van der Waals surface area (Å²) in [6, 6.07) is 11.7. The first-order chi connectivity index (χ1) is 10.2. The molecule has 0 saturated heterocycles. The lowest BCUT2D eigenvalue weighted by Crippen LogP contribution is -2.21. The Kier molecular flexibility index (Phi) is 5.84. The van der Waals surface area contributed by atoms with E-state index in [0.29, 0.717) is 6.42 Å². The lowest BCUT2D eigenvalue weighted by Gasteiger charge is -2.18. The van der Waals surface area contributed by atoms with E-state index < -0.39 is 6.10 Å². The molecule has 0 amide bonds. The first kappa shape index (κ1) is 15.6. The molecule has 2 rings (SSSR count). The third kappa shape index (κ3) is 4.92. The van der Waals surface area contributed by atoms with Gasteiger partial charge in [0.1, 0.15) is 5.82 Å². The molecule has 0 radical (unpaired) electrons. The van der Waals surface area contributed by atoms with Crippen LogP contribution in [0, 0.1) is 0 Å². The standard InChI is InChI=1S/C17H23N3O/c1-3-17-18-11-9-15(19-17)13-20(2)12-10-16(21)14-7-5-4-6-8-14/h4-9,11,16,21H,3,10,12-13H2,1-2H3. The number of benzene rings is 1. The van der Waals surface area contributed by atoms with Crippen LogP contribution in [-0.2, 0) is 13.0 Å². The molecule has 1 N–H and O–H groups in total. The largest absolute Gasteiger partial charge is 0.388 e. The molecule has 0 saturated carbocycles. The smallest absolute Gasteiger partial charge is 0.128 e. The molecule has 21 heavy (non-hydrogen) atoms. The Labute approximate surface area is 126 Å². The zero-order chi connectivity index (χ0) is 15.1. The molecule has 1 unspecified atom stereocenters. The van der Waals surface area contributed by atoms with Crippen LogP contribution >= 0.6 is 0 Å². The van der Waals surface area contributed by atoms with E-state index in [-0.39, 0.29) is 0 Å². The van der Waals surface area contributed by atoms with Gasteiger partial charge in [-0.25, -0.2) is 9.97 Å². The zero-order valence-corrected chi connectivity index (χ0v) is 12.7. The van der Waals surface area contributed by atoms with Gasteiger partial charge in [0.25, 0.3) is 0 Å². The number of aromatic nitrogens is 2. The highest BCUT2D eigenvalue weighted by atomic mass is 16.3. The molecule has 0 spiro atoms. The van der Waals surface area contributed by atoms with Gasteiger partial charge < -0.3 is 10.0 Å². The maximum Gasteiger partial charge on any atom is 0.128 e. The average Bonchev–Trinajstić information content (AvgIpc) is 2.53. The van der Waals surface area contributed by atoms with Crippen molar-refractivity contribution >= 4 is 0 Å². The van der Waals surface area contributed by atoms with Gasteiger partial charge >= 0.3 is 0 Å². The van der Waals surface area contributed by atoms with E-state index in [1.54, 1.807) is 0 Å². The molecule has 1 aromatic heterocycles. The van der Waals surface area contributed by atoms with E-state index in [0.717, 1.165) is 36.6 Å². The van der Waals surface area contributed by atoms with E-state index in [9.17, 15) is 5.11 Å². The molecule has 0 aliphatic rings. The van der Waals surface area contributed by atoms with Crippen molar-refractivity contribution in [1.82, 2.24) is 14.9 Å². The molecule has 0 aliphatic heterocycles. The summed E-state index contributed by atoms with van der Waals surface area (Å²) in [5.74, 6) is 0.880. The van der Waals surface area contributed by atoms with Crippen LogP contribution < -0.4 is 0 Å². The number of aliphatic hydroxyl groups excluding tert-OH is 1. The number of hydrogen-bond acceptors (Lipinski definition) is 4. The topological polar surface area (TPSA) is 49.2 Å². The Bertz CT molecular complexity index is 545. The normalized spacial score (nSPS) is 12.6. The molecule has 1 atom stereocenters. The van der Waals surface area contributed by atoms with Crippen molar-refractivity contribution in [2.24, 2.45) is 0 Å². The van der Waals surface area contributed by atoms with Gasteiger partial charge in [0, 0.05) is 25.7 Å². The first-order valence-electron chi connectivity index (χ1n) is 7.41. The van der Waals surface area contributed by atoms with Crippen LogP contribution in [0.15, 0.2) is 42.6 Å². The monoisotopic (exact) mass is 285 g/mol. The summed E-state index contributed by atoms with van der Waals surface area (Å²) in [6.07, 6.45) is 2.97. The third-order valence-corrected chi connectivity index (χ3v) is 3.48. The maximum atomic E-state index is 10.2. The highest BCUT2D eigenvalue weighted by Crippen LogP contribution is 2.16. The van der Waals surface area contributed by atoms with Crippen LogP contribution in [0.2, 0.25) is 0 Å². The quantitative estimate of drug-likeness (QED) is 0.849. The van der Waals surface area contributed by atoms with Crippen LogP contribution in [0.25, 0.3) is 0 Å². The van der Waals surface area contributed by atoms with Crippen LogP contribution in [0.5, 0.6) is 0 Å². The van der Waals surface area contributed by atoms with Crippen molar-refractivity contribution in [1.29, 1.82) is 0 Å². The van der Waals surface area contributed by atoms with Gasteiger partial charge in [0.15, 0.2) is 0 Å². The Balaban J connectivity index is 1.83. The highest BCUT2D eigenvalue weighted by Gasteiger charge is 2.09. The van der Waals surface area contributed by atoms with Crippen LogP contribution in [0.1, 0.15) is 36.5 Å². The lowest BCUT2D eigenvalue weighted by molar-refractivity contribution is 0.147. The predicted molar refractivity (Wildman–Crippen MR) is 83.8 cm³/mol. The number of aliphatic hydroxyl groups is 1. The molecular weight excluding hydrogens is 262 g/mol. The average molecular weight is 285 g/mol. The summed E-state index contributed by atoms with van der Waals surface area (Å²) < 4.78 is 0. The molecular formula is C17H23N3O. The fourth-order valence-corrected chi connectivity index (χ4v) is 2.24. The number of hydrogen-bond donors (Lipinski definition) is 1. The van der Waals surface area contributed by atoms with E-state index in [2.05, 4.69) is 21.8 Å². The van der Waals surface area contributed by atoms with Gasteiger partial charge in [-0.05, 0) is 25.1 Å². The van der Waals surface area contributed by atoms with Crippen molar-refractivity contribution < 1.29 is 5.11 Å². The van der Waals surface area contributed by atoms with E-state index in [4.69, 9.17) is 0 Å². The molecule has 0 fully saturated rings. The second kappa shape index (κ2) is 7.86. The van der Waals surface area contributed by atoms with Crippen LogP contribution in [-0.4, -0.2) is 33.6 Å². The zero-order valence-electron chi connectivity index (χ0n) is 12.7. The molecule has 4 nitrogen and oxygen atoms in total. The summed E-state index contributed by atoms with van der Waals surface area (Å²) in [7, 11) is 2.05. The van der Waals surface area contributed by atoms with E-state index in [1.165, 1.54) is 0 Å². The summed E-state index contributed by atoms with van der Waals surface area (Å²) in [6.45, 7) is 3.65. The summed E-state index contributed by atoms with van der Waals surface area (Å²) in [4.78, 5) is 10.9. The minimum absolute atomic E-state index is 0.412. The predicted octanol–water partition coefficient (Wildman–Crippen LogP) is 2.59. The fourth-order valence-electron chi connectivity index (χ4n) is 2.24. The second-order valence-corrected chi connectivity index (χ2v) is 5.27. The molecule has 1 aromatic carbocycles. The molecule has 4 heteroatoms. The van der Waals surface area contributed by atoms with Crippen LogP contribution in [0.3, 0.4) is 0 Å². The third-order valence-electron chi connectivity index (χ3n) is 3.48. The Morgan fingerprint density at radius 1 is 1.19 bits per heavy atom. The van der Waals surface area contributed by atoms with Gasteiger partial charge in [-0.15, -0.1) is 0 Å². The molecule has 0 bridgehead atoms. The summed E-state index contributed by atoms with van der Waals surface area (Å²) >= 11 is 0. The van der Waals surface area contributed by atoms with Crippen molar-refractivity contribution in [3.63, 3.8) is 0 Å². The fraction of sp³-hybridized carbons (Fsp3) is 0.412. The second-order valence-electron chi connectivity index (χ2n) is 5.27. The number of nitrogens with zero attached hydrogens (tertiary/aromatic N) is 3. The van der Waals surface area contributed by atoms with Gasteiger partial charge in [-0.2, -0.15) is 0 Å². The molecule has 2 aromatic rings. The van der Waals surface area contributed by atoms with E-state index in [1.807, 2.05) is 49.6 Å². The number of rotatable bonds is 7. The molecule has 1 heterocycles. The van der Waals surface area contributed by atoms with Crippen LogP contribution in [0.4, 0.5) is 0 Å². The van der Waals surface area contributed by atoms with Crippen molar-refractivity contribution in [3.05, 3.63) is 59.7 Å². The SMILES string of the molecule is CCc1nccc(CN(C)CCC(O)c2ccccc2)n1. The minimum Gasteiger partial charge on any atom is -0.388 e. The summed E-state index contributed by atoms with van der Waals surface area (Å²) in [5, 5.41) is 10.2. The van der Waals surface area contributed by atoms with Gasteiger partial charge in [0.2, 0.25) is 0 Å². The van der Waals surface area contributed by atoms with Gasteiger partial charge in [-0.1, -0.05) is 37.3 Å². The van der Waals surface area contributed by atoms with Gasteiger partial charge in [-0.3, -0.25) is 0 Å². The Morgan fingerprint density at radius 2 is 1.95 bits per heavy atom. The van der Waals surface area contributed by atoms with E-state index >= 15 is 0 Å². The Hall–Kier alpha value is -1.78. The minimum atomic E-state index is -0.412. The maximum absolute atomic E-state index is 10.2. The first-order valence-corrected chi connectivity index (χ1v) is 7.41. The van der Waals surface area contributed by atoms with Crippen molar-refractivity contribution in [3.8, 4) is 0 Å². The van der Waals surface area contributed by atoms with Crippen molar-refractivity contribution in [2.45, 2.75) is 32.4 Å². The summed E-state index contributed by atoms with van der Waals surface area (Å²) in [5.41, 5.74) is 2.00. The highest BCUT2D eigenvalue weighted by molar-refractivity contribution is 5.17. The number of aryl methyl sites for hydroxylation is 1. The van der Waals surface area contributed by atoms with Gasteiger partial charge in [0.05, 0.1) is 11.8 Å². The lowest BCUT2D eigenvalue weighted by atomic mass is 10.1. The Morgan fingerprint density at radius 3 is 2.67 bits per heavy atom.